The van der Waals surface area contributed by atoms with Crippen molar-refractivity contribution in [2.24, 2.45) is 0 Å². The minimum absolute atomic E-state index is 0.576. The molecule has 1 aromatic carbocycles. The van der Waals surface area contributed by atoms with Crippen molar-refractivity contribution in [3.63, 3.8) is 0 Å². The summed E-state index contributed by atoms with van der Waals surface area (Å²) in [6.45, 7) is 0. The summed E-state index contributed by atoms with van der Waals surface area (Å²) in [7, 11) is 0. The van der Waals surface area contributed by atoms with Gasteiger partial charge in [-0.25, -0.2) is 9.97 Å². The topological polar surface area (TPSA) is 61.6 Å². The molecule has 0 aliphatic rings. The Morgan fingerprint density at radius 2 is 2.00 bits per heavy atom. The smallest absolute Gasteiger partial charge is 0.115 e. The van der Waals surface area contributed by atoms with E-state index in [2.05, 4.69) is 37.3 Å². The first-order chi connectivity index (χ1) is 7.79. The number of benzene rings is 1. The van der Waals surface area contributed by atoms with Crippen molar-refractivity contribution in [1.82, 2.24) is 9.97 Å². The second-order valence-electron chi connectivity index (χ2n) is 3.05. The molecular weight excluding hydrogens is 268 g/mol. The number of halogens is 1. The van der Waals surface area contributed by atoms with E-state index in [0.29, 0.717) is 5.56 Å². The molecule has 16 heavy (non-hydrogen) atoms. The van der Waals surface area contributed by atoms with E-state index in [0.717, 1.165) is 15.8 Å². The Morgan fingerprint density at radius 1 is 1.25 bits per heavy atom. The molecule has 0 spiro atoms. The Labute approximate surface area is 101 Å². The van der Waals surface area contributed by atoms with Crippen LogP contribution in [0, 0.1) is 11.3 Å². The Morgan fingerprint density at radius 3 is 2.69 bits per heavy atom. The standard InChI is InChI=1S/C11H7BrN4/c12-9-2-1-8(4-13)11(3-9)16-10-5-14-7-15-6-10/h1-3,5-7,16H. The maximum Gasteiger partial charge on any atom is 0.115 e. The van der Waals surface area contributed by atoms with Crippen molar-refractivity contribution in [2.75, 3.05) is 5.32 Å². The normalized spacial score (nSPS) is 9.50. The number of anilines is 2. The van der Waals surface area contributed by atoms with Gasteiger partial charge in [0.25, 0.3) is 0 Å². The number of rotatable bonds is 2. The minimum atomic E-state index is 0.576. The van der Waals surface area contributed by atoms with Gasteiger partial charge in [0.15, 0.2) is 0 Å². The van der Waals surface area contributed by atoms with Crippen molar-refractivity contribution < 1.29 is 0 Å². The second-order valence-corrected chi connectivity index (χ2v) is 3.97. The van der Waals surface area contributed by atoms with Crippen LogP contribution < -0.4 is 5.32 Å². The van der Waals surface area contributed by atoms with Crippen molar-refractivity contribution in [3.8, 4) is 6.07 Å². The molecular formula is C11H7BrN4. The molecule has 1 N–H and O–H groups in total. The molecule has 0 radical (unpaired) electrons. The van der Waals surface area contributed by atoms with Gasteiger partial charge < -0.3 is 5.32 Å². The number of aromatic nitrogens is 2. The molecule has 2 rings (SSSR count). The Kier molecular flexibility index (Phi) is 3.13. The Hall–Kier alpha value is -1.93. The highest BCUT2D eigenvalue weighted by Gasteiger charge is 2.03. The molecule has 0 saturated heterocycles. The van der Waals surface area contributed by atoms with E-state index in [1.165, 1.54) is 6.33 Å². The number of nitrogens with one attached hydrogen (secondary N) is 1. The number of nitriles is 1. The molecule has 0 aliphatic carbocycles. The predicted octanol–water partition coefficient (Wildman–Crippen LogP) is 2.85. The summed E-state index contributed by atoms with van der Waals surface area (Å²) in [5.74, 6) is 0. The van der Waals surface area contributed by atoms with Crippen LogP contribution in [0.25, 0.3) is 0 Å². The van der Waals surface area contributed by atoms with E-state index in [4.69, 9.17) is 5.26 Å². The van der Waals surface area contributed by atoms with Crippen LogP contribution in [-0.2, 0) is 0 Å². The van der Waals surface area contributed by atoms with Crippen LogP contribution in [0.5, 0.6) is 0 Å². The Balaban J connectivity index is 2.35. The van der Waals surface area contributed by atoms with Gasteiger partial charge in [0.2, 0.25) is 0 Å². The number of hydrogen-bond donors (Lipinski definition) is 1. The molecule has 0 aliphatic heterocycles. The summed E-state index contributed by atoms with van der Waals surface area (Å²) in [5, 5.41) is 12.0. The fraction of sp³-hybridized carbons (Fsp3) is 0. The lowest BCUT2D eigenvalue weighted by Gasteiger charge is -2.07. The molecule has 0 amide bonds. The van der Waals surface area contributed by atoms with Gasteiger partial charge in [-0.05, 0) is 18.2 Å². The SMILES string of the molecule is N#Cc1ccc(Br)cc1Nc1cncnc1. The third-order valence-electron chi connectivity index (χ3n) is 1.94. The Bertz CT molecular complexity index is 533. The summed E-state index contributed by atoms with van der Waals surface area (Å²) >= 11 is 3.36. The van der Waals surface area contributed by atoms with Gasteiger partial charge in [-0.3, -0.25) is 0 Å². The molecule has 1 heterocycles. The molecule has 0 fully saturated rings. The summed E-state index contributed by atoms with van der Waals surface area (Å²) in [5.41, 5.74) is 2.05. The van der Waals surface area contributed by atoms with E-state index >= 15 is 0 Å². The van der Waals surface area contributed by atoms with Crippen molar-refractivity contribution in [2.45, 2.75) is 0 Å². The molecule has 0 bridgehead atoms. The summed E-state index contributed by atoms with van der Waals surface area (Å²) < 4.78 is 0.908. The lowest BCUT2D eigenvalue weighted by molar-refractivity contribution is 1.17. The van der Waals surface area contributed by atoms with Crippen LogP contribution in [-0.4, -0.2) is 9.97 Å². The van der Waals surface area contributed by atoms with Crippen LogP contribution in [0.1, 0.15) is 5.56 Å². The van der Waals surface area contributed by atoms with Crippen molar-refractivity contribution >= 4 is 27.3 Å². The second kappa shape index (κ2) is 4.73. The molecule has 0 unspecified atom stereocenters. The van der Waals surface area contributed by atoms with Gasteiger partial charge >= 0.3 is 0 Å². The van der Waals surface area contributed by atoms with Gasteiger partial charge in [0.05, 0.1) is 29.3 Å². The summed E-state index contributed by atoms with van der Waals surface area (Å²) in [6, 6.07) is 7.53. The zero-order valence-electron chi connectivity index (χ0n) is 8.18. The molecule has 0 atom stereocenters. The van der Waals surface area contributed by atoms with E-state index in [-0.39, 0.29) is 0 Å². The molecule has 1 aromatic heterocycles. The van der Waals surface area contributed by atoms with Crippen LogP contribution in [0.4, 0.5) is 11.4 Å². The average molecular weight is 275 g/mol. The molecule has 78 valence electrons. The molecule has 5 heteroatoms. The van der Waals surface area contributed by atoms with Gasteiger partial charge in [0.1, 0.15) is 12.4 Å². The zero-order valence-corrected chi connectivity index (χ0v) is 9.77. The molecule has 2 aromatic rings. The fourth-order valence-electron chi connectivity index (χ4n) is 1.24. The van der Waals surface area contributed by atoms with Crippen LogP contribution >= 0.6 is 15.9 Å². The largest absolute Gasteiger partial charge is 0.352 e. The van der Waals surface area contributed by atoms with Gasteiger partial charge in [-0.1, -0.05) is 15.9 Å². The highest BCUT2D eigenvalue weighted by molar-refractivity contribution is 9.10. The molecule has 4 nitrogen and oxygen atoms in total. The first kappa shape index (κ1) is 10.6. The third-order valence-corrected chi connectivity index (χ3v) is 2.43. The molecule has 0 saturated carbocycles. The third kappa shape index (κ3) is 2.35. The van der Waals surface area contributed by atoms with E-state index in [1.807, 2.05) is 12.1 Å². The number of hydrogen-bond acceptors (Lipinski definition) is 4. The fourth-order valence-corrected chi connectivity index (χ4v) is 1.60. The highest BCUT2D eigenvalue weighted by Crippen LogP contribution is 2.23. The number of nitrogens with zero attached hydrogens (tertiary/aromatic N) is 3. The lowest BCUT2D eigenvalue weighted by Crippen LogP contribution is -1.94. The average Bonchev–Trinajstić information content (AvgIpc) is 2.31. The minimum Gasteiger partial charge on any atom is -0.352 e. The van der Waals surface area contributed by atoms with E-state index in [1.54, 1.807) is 18.5 Å². The maximum atomic E-state index is 8.95. The predicted molar refractivity (Wildman–Crippen MR) is 64.2 cm³/mol. The van der Waals surface area contributed by atoms with Gasteiger partial charge in [-0.2, -0.15) is 5.26 Å². The van der Waals surface area contributed by atoms with Crippen molar-refractivity contribution in [3.05, 3.63) is 47.0 Å². The lowest BCUT2D eigenvalue weighted by atomic mass is 10.2. The van der Waals surface area contributed by atoms with Gasteiger partial charge in [-0.15, -0.1) is 0 Å². The first-order valence-corrected chi connectivity index (χ1v) is 5.30. The summed E-state index contributed by atoms with van der Waals surface area (Å²) in [6.07, 6.45) is 4.75. The quantitative estimate of drug-likeness (QED) is 0.915. The monoisotopic (exact) mass is 274 g/mol. The van der Waals surface area contributed by atoms with E-state index < -0.39 is 0 Å². The highest BCUT2D eigenvalue weighted by atomic mass is 79.9. The van der Waals surface area contributed by atoms with E-state index in [9.17, 15) is 0 Å². The zero-order chi connectivity index (χ0) is 11.4. The maximum absolute atomic E-state index is 8.95. The van der Waals surface area contributed by atoms with Crippen LogP contribution in [0.3, 0.4) is 0 Å². The first-order valence-electron chi connectivity index (χ1n) is 4.51. The van der Waals surface area contributed by atoms with Crippen LogP contribution in [0.15, 0.2) is 41.4 Å². The summed E-state index contributed by atoms with van der Waals surface area (Å²) in [4.78, 5) is 7.78. The van der Waals surface area contributed by atoms with Gasteiger partial charge in [0, 0.05) is 4.47 Å². The van der Waals surface area contributed by atoms with Crippen molar-refractivity contribution in [1.29, 1.82) is 5.26 Å². The van der Waals surface area contributed by atoms with Crippen LogP contribution in [0.2, 0.25) is 0 Å².